The first-order chi connectivity index (χ1) is 17.7. The Morgan fingerprint density at radius 3 is 2.35 bits per heavy atom. The summed E-state index contributed by atoms with van der Waals surface area (Å²) in [6.07, 6.45) is 5.35. The summed E-state index contributed by atoms with van der Waals surface area (Å²) in [5.74, 6) is -0.127. The molecule has 0 radical (unpaired) electrons. The van der Waals surface area contributed by atoms with Gasteiger partial charge in [0.2, 0.25) is 5.91 Å². The summed E-state index contributed by atoms with van der Waals surface area (Å²) >= 11 is 0. The van der Waals surface area contributed by atoms with Crippen LogP contribution < -0.4 is 14.8 Å². The molecule has 2 amide bonds. The first kappa shape index (κ1) is 27.6. The zero-order valence-corrected chi connectivity index (χ0v) is 21.8. The van der Waals surface area contributed by atoms with Crippen molar-refractivity contribution in [1.82, 2.24) is 20.2 Å². The Bertz CT molecular complexity index is 1200. The Hall–Kier alpha value is -4.01. The average Bonchev–Trinajstić information content (AvgIpc) is 2.91. The van der Waals surface area contributed by atoms with E-state index < -0.39 is 23.3 Å². The van der Waals surface area contributed by atoms with Crippen molar-refractivity contribution < 1.29 is 23.5 Å². The maximum absolute atomic E-state index is 13.8. The van der Waals surface area contributed by atoms with Crippen LogP contribution in [0, 0.1) is 5.82 Å². The second-order valence-electron chi connectivity index (χ2n) is 9.21. The van der Waals surface area contributed by atoms with Gasteiger partial charge in [0.15, 0.2) is 11.5 Å². The Kier molecular flexibility index (Phi) is 9.16. The maximum atomic E-state index is 13.8. The number of nitrogens with zero attached hydrogens (tertiary/aromatic N) is 3. The van der Waals surface area contributed by atoms with E-state index in [2.05, 4.69) is 15.3 Å². The molecule has 0 spiro atoms. The van der Waals surface area contributed by atoms with Crippen LogP contribution in [-0.2, 0) is 11.2 Å². The number of halogens is 1. The molecule has 9 heteroatoms. The molecule has 0 aliphatic carbocycles. The third-order valence-electron chi connectivity index (χ3n) is 6.22. The number of nitrogens with one attached hydrogen (secondary N) is 1. The van der Waals surface area contributed by atoms with E-state index >= 15 is 0 Å². The quantitative estimate of drug-likeness (QED) is 0.414. The van der Waals surface area contributed by atoms with Crippen LogP contribution in [0.5, 0.6) is 11.5 Å². The largest absolute Gasteiger partial charge is 0.493 e. The summed E-state index contributed by atoms with van der Waals surface area (Å²) in [6, 6.07) is 10.1. The highest BCUT2D eigenvalue weighted by atomic mass is 19.1. The zero-order valence-electron chi connectivity index (χ0n) is 21.8. The van der Waals surface area contributed by atoms with Gasteiger partial charge in [0.05, 0.1) is 20.4 Å². The molecule has 1 N–H and O–H groups in total. The molecule has 1 atom stereocenters. The number of amides is 2. The summed E-state index contributed by atoms with van der Waals surface area (Å²) < 4.78 is 24.5. The van der Waals surface area contributed by atoms with Gasteiger partial charge in [-0.3, -0.25) is 14.6 Å². The monoisotopic (exact) mass is 508 g/mol. The molecule has 8 nitrogen and oxygen atoms in total. The summed E-state index contributed by atoms with van der Waals surface area (Å²) in [7, 11) is 3.11. The summed E-state index contributed by atoms with van der Waals surface area (Å²) in [6.45, 7) is 5.95. The van der Waals surface area contributed by atoms with Crippen molar-refractivity contribution in [3.05, 3.63) is 83.7 Å². The van der Waals surface area contributed by atoms with Crippen LogP contribution >= 0.6 is 0 Å². The maximum Gasteiger partial charge on any atom is 0.275 e. The number of hydrogen-bond donors (Lipinski definition) is 1. The fourth-order valence-electron chi connectivity index (χ4n) is 3.80. The minimum Gasteiger partial charge on any atom is -0.493 e. The third-order valence-corrected chi connectivity index (χ3v) is 6.22. The molecule has 0 aliphatic heterocycles. The van der Waals surface area contributed by atoms with Gasteiger partial charge in [0.25, 0.3) is 5.91 Å². The molecule has 0 fully saturated rings. The Balaban J connectivity index is 2.04. The fourth-order valence-corrected chi connectivity index (χ4v) is 3.80. The molecule has 1 heterocycles. The van der Waals surface area contributed by atoms with Gasteiger partial charge in [-0.05, 0) is 62.1 Å². The molecule has 0 saturated heterocycles. The van der Waals surface area contributed by atoms with Crippen LogP contribution in [0.2, 0.25) is 0 Å². The zero-order chi connectivity index (χ0) is 27.0. The molecule has 1 aromatic heterocycles. The SMILES string of the molecule is CCC(C)(C)NC(=O)[C@H](c1ccc(F)cc1)N(CCc1ccc(OC)c(OC)c1)C(=O)c1cnccn1. The lowest BCUT2D eigenvalue weighted by Crippen LogP contribution is -2.50. The number of methoxy groups -OCH3 is 2. The summed E-state index contributed by atoms with van der Waals surface area (Å²) in [5, 5.41) is 3.04. The van der Waals surface area contributed by atoms with Crippen LogP contribution in [0.4, 0.5) is 4.39 Å². The van der Waals surface area contributed by atoms with Crippen molar-refractivity contribution in [1.29, 1.82) is 0 Å². The standard InChI is InChI=1S/C28H33FN4O4/c1-6-28(2,3)32-26(34)25(20-8-10-21(29)11-9-20)33(27(35)22-18-30-14-15-31-22)16-13-19-7-12-23(36-4)24(17-19)37-5/h7-12,14-15,17-18,25H,6,13,16H2,1-5H3,(H,32,34)/t25-/m0/s1. The predicted octanol–water partition coefficient (Wildman–Crippen LogP) is 4.36. The number of benzene rings is 2. The topological polar surface area (TPSA) is 93.7 Å². The molecule has 0 bridgehead atoms. The van der Waals surface area contributed by atoms with E-state index in [-0.39, 0.29) is 18.1 Å². The minimum atomic E-state index is -1.03. The van der Waals surface area contributed by atoms with Crippen LogP contribution in [0.3, 0.4) is 0 Å². The van der Waals surface area contributed by atoms with Gasteiger partial charge in [0, 0.05) is 24.5 Å². The van der Waals surface area contributed by atoms with Gasteiger partial charge < -0.3 is 19.7 Å². The molecule has 0 unspecified atom stereocenters. The van der Waals surface area contributed by atoms with Gasteiger partial charge in [-0.15, -0.1) is 0 Å². The number of aromatic nitrogens is 2. The van der Waals surface area contributed by atoms with Gasteiger partial charge in [-0.25, -0.2) is 9.37 Å². The predicted molar refractivity (Wildman–Crippen MR) is 138 cm³/mol. The lowest BCUT2D eigenvalue weighted by atomic mass is 9.98. The molecule has 196 valence electrons. The average molecular weight is 509 g/mol. The Morgan fingerprint density at radius 1 is 1.05 bits per heavy atom. The molecule has 3 aromatic rings. The molecule has 0 saturated carbocycles. The fraction of sp³-hybridized carbons (Fsp3) is 0.357. The normalized spacial score (nSPS) is 11.9. The molecule has 2 aromatic carbocycles. The molecule has 3 rings (SSSR count). The number of carbonyl (C=O) groups is 2. The van der Waals surface area contributed by atoms with E-state index in [0.29, 0.717) is 29.9 Å². The van der Waals surface area contributed by atoms with E-state index in [1.165, 1.54) is 47.8 Å². The number of ether oxygens (including phenoxy) is 2. The lowest BCUT2D eigenvalue weighted by Gasteiger charge is -2.34. The lowest BCUT2D eigenvalue weighted by molar-refractivity contribution is -0.127. The smallest absolute Gasteiger partial charge is 0.275 e. The highest BCUT2D eigenvalue weighted by Gasteiger charge is 2.34. The van der Waals surface area contributed by atoms with Crippen LogP contribution in [0.25, 0.3) is 0 Å². The first-order valence-electron chi connectivity index (χ1n) is 12.0. The first-order valence-corrected chi connectivity index (χ1v) is 12.0. The van der Waals surface area contributed by atoms with Crippen molar-refractivity contribution >= 4 is 11.8 Å². The summed E-state index contributed by atoms with van der Waals surface area (Å²) in [4.78, 5) is 37.1. The molecular formula is C28H33FN4O4. The highest BCUT2D eigenvalue weighted by molar-refractivity contribution is 5.96. The number of rotatable bonds is 11. The number of hydrogen-bond acceptors (Lipinski definition) is 6. The van der Waals surface area contributed by atoms with Crippen molar-refractivity contribution in [2.24, 2.45) is 0 Å². The van der Waals surface area contributed by atoms with E-state index in [1.807, 2.05) is 32.9 Å². The number of carbonyl (C=O) groups excluding carboxylic acids is 2. The van der Waals surface area contributed by atoms with Crippen LogP contribution in [0.1, 0.15) is 54.8 Å². The Labute approximate surface area is 216 Å². The van der Waals surface area contributed by atoms with E-state index in [4.69, 9.17) is 9.47 Å². The van der Waals surface area contributed by atoms with Gasteiger partial charge in [-0.2, -0.15) is 0 Å². The molecular weight excluding hydrogens is 475 g/mol. The van der Waals surface area contributed by atoms with Gasteiger partial charge in [0.1, 0.15) is 17.6 Å². The summed E-state index contributed by atoms with van der Waals surface area (Å²) in [5.41, 5.74) is 0.946. The second kappa shape index (κ2) is 12.3. The van der Waals surface area contributed by atoms with Gasteiger partial charge in [-0.1, -0.05) is 25.1 Å². The molecule has 0 aliphatic rings. The third kappa shape index (κ3) is 7.03. The van der Waals surface area contributed by atoms with Crippen LogP contribution in [-0.4, -0.2) is 53.0 Å². The van der Waals surface area contributed by atoms with Crippen molar-refractivity contribution in [3.8, 4) is 11.5 Å². The minimum absolute atomic E-state index is 0.101. The van der Waals surface area contributed by atoms with Crippen molar-refractivity contribution in [2.75, 3.05) is 20.8 Å². The van der Waals surface area contributed by atoms with Crippen LogP contribution in [0.15, 0.2) is 61.1 Å². The van der Waals surface area contributed by atoms with E-state index in [0.717, 1.165) is 5.56 Å². The molecule has 37 heavy (non-hydrogen) atoms. The van der Waals surface area contributed by atoms with Crippen molar-refractivity contribution in [2.45, 2.75) is 45.2 Å². The van der Waals surface area contributed by atoms with E-state index in [9.17, 15) is 14.0 Å². The Morgan fingerprint density at radius 2 is 1.76 bits per heavy atom. The van der Waals surface area contributed by atoms with Crippen molar-refractivity contribution in [3.63, 3.8) is 0 Å². The van der Waals surface area contributed by atoms with E-state index in [1.54, 1.807) is 20.3 Å². The second-order valence-corrected chi connectivity index (χ2v) is 9.21. The highest BCUT2D eigenvalue weighted by Crippen LogP contribution is 2.29. The van der Waals surface area contributed by atoms with Gasteiger partial charge >= 0.3 is 0 Å².